The number of benzene rings is 1. The Labute approximate surface area is 132 Å². The van der Waals surface area contributed by atoms with E-state index in [1.54, 1.807) is 26.2 Å². The zero-order chi connectivity index (χ0) is 15.1. The highest BCUT2D eigenvalue weighted by atomic mass is 35.5. The quantitative estimate of drug-likeness (QED) is 0.836. The Hall–Kier alpha value is -1.59. The summed E-state index contributed by atoms with van der Waals surface area (Å²) in [5, 5.41) is 2.80. The Morgan fingerprint density at radius 1 is 1.24 bits per heavy atom. The number of carbonyl (C=O) groups is 2. The standard InChI is InChI=1S/C15H23N3O2.ClH/c1-4-5-13(16)14(19)17-10-11-6-8-12(9-7-11)15(20)18(2)3;/h6-9,13H,4-5,10,16H2,1-3H3,(H,17,19);1H. The van der Waals surface area contributed by atoms with Crippen LogP contribution in [0.5, 0.6) is 0 Å². The molecule has 0 saturated heterocycles. The van der Waals surface area contributed by atoms with Gasteiger partial charge < -0.3 is 16.0 Å². The van der Waals surface area contributed by atoms with Crippen LogP contribution in [0.3, 0.4) is 0 Å². The van der Waals surface area contributed by atoms with Crippen molar-refractivity contribution in [2.45, 2.75) is 32.4 Å². The van der Waals surface area contributed by atoms with Gasteiger partial charge in [0.15, 0.2) is 0 Å². The van der Waals surface area contributed by atoms with Gasteiger partial charge >= 0.3 is 0 Å². The van der Waals surface area contributed by atoms with E-state index in [9.17, 15) is 9.59 Å². The summed E-state index contributed by atoms with van der Waals surface area (Å²) in [6.45, 7) is 2.42. The molecule has 1 atom stereocenters. The van der Waals surface area contributed by atoms with Crippen molar-refractivity contribution >= 4 is 24.2 Å². The van der Waals surface area contributed by atoms with Gasteiger partial charge in [-0.25, -0.2) is 0 Å². The molecule has 0 radical (unpaired) electrons. The van der Waals surface area contributed by atoms with Crippen LogP contribution in [0.2, 0.25) is 0 Å². The lowest BCUT2D eigenvalue weighted by molar-refractivity contribution is -0.122. The van der Waals surface area contributed by atoms with E-state index in [1.165, 1.54) is 4.90 Å². The fourth-order valence-electron chi connectivity index (χ4n) is 1.79. The molecule has 0 aromatic heterocycles. The van der Waals surface area contributed by atoms with Crippen LogP contribution in [0.25, 0.3) is 0 Å². The molecule has 1 rings (SSSR count). The van der Waals surface area contributed by atoms with Crippen LogP contribution in [-0.4, -0.2) is 36.9 Å². The summed E-state index contributed by atoms with van der Waals surface area (Å²) in [4.78, 5) is 24.9. The SMILES string of the molecule is CCCC(N)C(=O)NCc1ccc(C(=O)N(C)C)cc1.Cl. The molecule has 5 nitrogen and oxygen atoms in total. The molecular formula is C15H24ClN3O2. The molecule has 0 aliphatic heterocycles. The van der Waals surface area contributed by atoms with Gasteiger partial charge in [0.2, 0.25) is 5.91 Å². The van der Waals surface area contributed by atoms with E-state index < -0.39 is 6.04 Å². The minimum Gasteiger partial charge on any atom is -0.351 e. The minimum absolute atomic E-state index is 0. The van der Waals surface area contributed by atoms with Gasteiger partial charge in [-0.05, 0) is 24.1 Å². The van der Waals surface area contributed by atoms with Crippen LogP contribution in [0.1, 0.15) is 35.7 Å². The maximum atomic E-state index is 11.7. The number of carbonyl (C=O) groups excluding carboxylic acids is 2. The van der Waals surface area contributed by atoms with Gasteiger partial charge in [-0.3, -0.25) is 9.59 Å². The number of nitrogens with zero attached hydrogens (tertiary/aromatic N) is 1. The van der Waals surface area contributed by atoms with Crippen LogP contribution < -0.4 is 11.1 Å². The monoisotopic (exact) mass is 313 g/mol. The molecule has 6 heteroatoms. The van der Waals surface area contributed by atoms with Crippen molar-refractivity contribution < 1.29 is 9.59 Å². The van der Waals surface area contributed by atoms with E-state index in [-0.39, 0.29) is 24.2 Å². The van der Waals surface area contributed by atoms with Crippen molar-refractivity contribution in [1.82, 2.24) is 10.2 Å². The Balaban J connectivity index is 0.00000400. The van der Waals surface area contributed by atoms with Gasteiger partial charge in [-0.15, -0.1) is 12.4 Å². The van der Waals surface area contributed by atoms with Gasteiger partial charge in [0, 0.05) is 26.2 Å². The average molecular weight is 314 g/mol. The van der Waals surface area contributed by atoms with Gasteiger partial charge in [-0.2, -0.15) is 0 Å². The summed E-state index contributed by atoms with van der Waals surface area (Å²) in [6, 6.07) is 6.74. The van der Waals surface area contributed by atoms with Gasteiger partial charge in [0.1, 0.15) is 0 Å². The van der Waals surface area contributed by atoms with Crippen molar-refractivity contribution in [3.63, 3.8) is 0 Å². The fraction of sp³-hybridized carbons (Fsp3) is 0.467. The highest BCUT2D eigenvalue weighted by molar-refractivity contribution is 5.93. The van der Waals surface area contributed by atoms with E-state index in [0.29, 0.717) is 18.5 Å². The number of hydrogen-bond donors (Lipinski definition) is 2. The topological polar surface area (TPSA) is 75.4 Å². The second-order valence-corrected chi connectivity index (χ2v) is 5.01. The number of rotatable bonds is 6. The maximum absolute atomic E-state index is 11.7. The van der Waals surface area contributed by atoms with Crippen LogP contribution in [0.15, 0.2) is 24.3 Å². The smallest absolute Gasteiger partial charge is 0.253 e. The Kier molecular flexibility index (Phi) is 8.66. The molecular weight excluding hydrogens is 290 g/mol. The van der Waals surface area contributed by atoms with Crippen LogP contribution in [-0.2, 0) is 11.3 Å². The molecule has 0 spiro atoms. The van der Waals surface area contributed by atoms with Gasteiger partial charge in [0.25, 0.3) is 5.91 Å². The number of nitrogens with two attached hydrogens (primary N) is 1. The van der Waals surface area contributed by atoms with Crippen molar-refractivity contribution in [3.8, 4) is 0 Å². The molecule has 0 fully saturated rings. The molecule has 2 amide bonds. The predicted molar refractivity (Wildman–Crippen MR) is 86.4 cm³/mol. The lowest BCUT2D eigenvalue weighted by atomic mass is 10.1. The van der Waals surface area contributed by atoms with Crippen molar-refractivity contribution in [3.05, 3.63) is 35.4 Å². The van der Waals surface area contributed by atoms with Crippen molar-refractivity contribution in [2.75, 3.05) is 14.1 Å². The normalized spacial score (nSPS) is 11.2. The molecule has 0 bridgehead atoms. The molecule has 1 aromatic rings. The molecule has 3 N–H and O–H groups in total. The third-order valence-corrected chi connectivity index (χ3v) is 3.01. The van der Waals surface area contributed by atoms with Crippen molar-refractivity contribution in [1.29, 1.82) is 0 Å². The number of hydrogen-bond acceptors (Lipinski definition) is 3. The van der Waals surface area contributed by atoms with Crippen LogP contribution >= 0.6 is 12.4 Å². The predicted octanol–water partition coefficient (Wildman–Crippen LogP) is 1.55. The first kappa shape index (κ1) is 19.4. The molecule has 1 aromatic carbocycles. The Morgan fingerprint density at radius 3 is 2.29 bits per heavy atom. The molecule has 0 aliphatic carbocycles. The summed E-state index contributed by atoms with van der Waals surface area (Å²) in [5.74, 6) is -0.175. The lowest BCUT2D eigenvalue weighted by Crippen LogP contribution is -2.40. The third-order valence-electron chi connectivity index (χ3n) is 3.01. The minimum atomic E-state index is -0.449. The molecule has 0 saturated carbocycles. The largest absolute Gasteiger partial charge is 0.351 e. The number of halogens is 1. The second-order valence-electron chi connectivity index (χ2n) is 5.01. The lowest BCUT2D eigenvalue weighted by Gasteiger charge is -2.12. The second kappa shape index (κ2) is 9.37. The highest BCUT2D eigenvalue weighted by Gasteiger charge is 2.12. The number of amides is 2. The summed E-state index contributed by atoms with van der Waals surface area (Å²) in [5.41, 5.74) is 7.30. The average Bonchev–Trinajstić information content (AvgIpc) is 2.44. The van der Waals surface area contributed by atoms with Crippen molar-refractivity contribution in [2.24, 2.45) is 5.73 Å². The van der Waals surface area contributed by atoms with Crippen LogP contribution in [0, 0.1) is 0 Å². The molecule has 21 heavy (non-hydrogen) atoms. The van der Waals surface area contributed by atoms with E-state index in [1.807, 2.05) is 19.1 Å². The summed E-state index contributed by atoms with van der Waals surface area (Å²) >= 11 is 0. The zero-order valence-corrected chi connectivity index (χ0v) is 13.6. The van der Waals surface area contributed by atoms with Crippen LogP contribution in [0.4, 0.5) is 0 Å². The summed E-state index contributed by atoms with van der Waals surface area (Å²) < 4.78 is 0. The summed E-state index contributed by atoms with van der Waals surface area (Å²) in [7, 11) is 3.43. The van der Waals surface area contributed by atoms with E-state index in [0.717, 1.165) is 12.0 Å². The van der Waals surface area contributed by atoms with E-state index >= 15 is 0 Å². The van der Waals surface area contributed by atoms with E-state index in [4.69, 9.17) is 5.73 Å². The zero-order valence-electron chi connectivity index (χ0n) is 12.8. The molecule has 1 unspecified atom stereocenters. The molecule has 0 aliphatic rings. The fourth-order valence-corrected chi connectivity index (χ4v) is 1.79. The first-order chi connectivity index (χ1) is 9.45. The first-order valence-electron chi connectivity index (χ1n) is 6.79. The Morgan fingerprint density at radius 2 is 1.81 bits per heavy atom. The Bertz CT molecular complexity index is 460. The number of nitrogens with one attached hydrogen (secondary N) is 1. The molecule has 0 heterocycles. The van der Waals surface area contributed by atoms with Gasteiger partial charge in [0.05, 0.1) is 6.04 Å². The van der Waals surface area contributed by atoms with Gasteiger partial charge in [-0.1, -0.05) is 25.5 Å². The first-order valence-corrected chi connectivity index (χ1v) is 6.79. The maximum Gasteiger partial charge on any atom is 0.253 e. The summed E-state index contributed by atoms with van der Waals surface area (Å²) in [6.07, 6.45) is 1.57. The highest BCUT2D eigenvalue weighted by Crippen LogP contribution is 2.06. The molecule has 118 valence electrons. The third kappa shape index (κ3) is 6.14. The van der Waals surface area contributed by atoms with E-state index in [2.05, 4.69) is 5.32 Å².